The van der Waals surface area contributed by atoms with Crippen LogP contribution in [0.1, 0.15) is 32.1 Å². The van der Waals surface area contributed by atoms with Crippen LogP contribution in [0.5, 0.6) is 0 Å². The standard InChI is InChI=1S/C19H22S/c1-20(15-9-3-2-4-10-15)18-13-7-5-11-16(18)17-12-6-8-14-19(17)20/h5-8,11-15H,2-4,9-10H2,1H3. The van der Waals surface area contributed by atoms with E-state index < -0.39 is 10.0 Å². The van der Waals surface area contributed by atoms with Crippen LogP contribution in [0.3, 0.4) is 0 Å². The van der Waals surface area contributed by atoms with E-state index in [4.69, 9.17) is 0 Å². The Morgan fingerprint density at radius 3 is 1.80 bits per heavy atom. The van der Waals surface area contributed by atoms with Gasteiger partial charge in [0.05, 0.1) is 0 Å². The largest absolute Gasteiger partial charge is 0.187 e. The van der Waals surface area contributed by atoms with Crippen LogP contribution in [-0.4, -0.2) is 11.5 Å². The molecule has 0 saturated heterocycles. The maximum Gasteiger partial charge on any atom is 0.00202 e. The van der Waals surface area contributed by atoms with Gasteiger partial charge < -0.3 is 0 Å². The Morgan fingerprint density at radius 2 is 1.25 bits per heavy atom. The average Bonchev–Trinajstić information content (AvgIpc) is 2.80. The smallest absolute Gasteiger partial charge is 0.00202 e. The number of hydrogen-bond donors (Lipinski definition) is 0. The number of rotatable bonds is 1. The number of benzene rings is 2. The summed E-state index contributed by atoms with van der Waals surface area (Å²) in [6, 6.07) is 18.3. The van der Waals surface area contributed by atoms with Crippen LogP contribution < -0.4 is 0 Å². The SMILES string of the molecule is CS1(C2CCCCC2)c2ccccc2-c2ccccc21. The van der Waals surface area contributed by atoms with E-state index in [-0.39, 0.29) is 0 Å². The molecule has 0 nitrogen and oxygen atoms in total. The average molecular weight is 282 g/mol. The molecule has 0 spiro atoms. The minimum Gasteiger partial charge on any atom is -0.187 e. The molecule has 0 N–H and O–H groups in total. The van der Waals surface area contributed by atoms with Crippen molar-refractivity contribution < 1.29 is 0 Å². The van der Waals surface area contributed by atoms with E-state index in [1.807, 2.05) is 0 Å². The fraction of sp³-hybridized carbons (Fsp3) is 0.368. The van der Waals surface area contributed by atoms with Crippen molar-refractivity contribution in [3.05, 3.63) is 48.5 Å². The molecule has 0 bridgehead atoms. The first-order valence-corrected chi connectivity index (χ1v) is 9.88. The van der Waals surface area contributed by atoms with Gasteiger partial charge in [-0.15, -0.1) is 0 Å². The van der Waals surface area contributed by atoms with Gasteiger partial charge in [0.2, 0.25) is 0 Å². The van der Waals surface area contributed by atoms with Gasteiger partial charge in [-0.2, -0.15) is 10.0 Å². The first kappa shape index (κ1) is 12.5. The molecular formula is C19H22S. The summed E-state index contributed by atoms with van der Waals surface area (Å²) in [5.74, 6) is 0. The normalized spacial score (nSPS) is 22.1. The van der Waals surface area contributed by atoms with Gasteiger partial charge in [-0.25, -0.2) is 0 Å². The van der Waals surface area contributed by atoms with E-state index >= 15 is 0 Å². The zero-order valence-corrected chi connectivity index (χ0v) is 13.0. The van der Waals surface area contributed by atoms with Crippen molar-refractivity contribution in [3.8, 4) is 11.1 Å². The van der Waals surface area contributed by atoms with Crippen molar-refractivity contribution in [3.63, 3.8) is 0 Å². The fourth-order valence-electron chi connectivity index (χ4n) is 4.13. The van der Waals surface area contributed by atoms with Crippen molar-refractivity contribution in [2.45, 2.75) is 47.1 Å². The summed E-state index contributed by atoms with van der Waals surface area (Å²) < 4.78 is 0. The minimum atomic E-state index is -0.824. The van der Waals surface area contributed by atoms with Crippen LogP contribution >= 0.6 is 10.0 Å². The Bertz CT molecular complexity index is 592. The molecular weight excluding hydrogens is 260 g/mol. The predicted molar refractivity (Wildman–Crippen MR) is 88.8 cm³/mol. The molecule has 1 saturated carbocycles. The zero-order chi connectivity index (χ0) is 13.6. The molecule has 104 valence electrons. The molecule has 1 aliphatic carbocycles. The van der Waals surface area contributed by atoms with Crippen LogP contribution in [0, 0.1) is 0 Å². The van der Waals surface area contributed by atoms with Gasteiger partial charge in [-0.05, 0) is 47.6 Å². The monoisotopic (exact) mass is 282 g/mol. The van der Waals surface area contributed by atoms with Crippen LogP contribution in [0.2, 0.25) is 0 Å². The summed E-state index contributed by atoms with van der Waals surface area (Å²) in [6.45, 7) is 0. The lowest BCUT2D eigenvalue weighted by atomic mass is 10.0. The first-order chi connectivity index (χ1) is 9.82. The predicted octanol–water partition coefficient (Wildman–Crippen LogP) is 5.85. The number of hydrogen-bond acceptors (Lipinski definition) is 0. The van der Waals surface area contributed by atoms with E-state index in [0.29, 0.717) is 0 Å². The summed E-state index contributed by atoms with van der Waals surface area (Å²) in [5, 5.41) is 0.890. The molecule has 2 aliphatic rings. The highest BCUT2D eigenvalue weighted by Crippen LogP contribution is 2.73. The van der Waals surface area contributed by atoms with Crippen LogP contribution in [0.15, 0.2) is 58.3 Å². The second kappa shape index (κ2) is 4.66. The van der Waals surface area contributed by atoms with Gasteiger partial charge in [-0.1, -0.05) is 55.7 Å². The zero-order valence-electron chi connectivity index (χ0n) is 12.1. The van der Waals surface area contributed by atoms with Crippen molar-refractivity contribution >= 4 is 10.0 Å². The highest BCUT2D eigenvalue weighted by molar-refractivity contribution is 8.34. The Balaban J connectivity index is 1.94. The third kappa shape index (κ3) is 1.62. The lowest BCUT2D eigenvalue weighted by Gasteiger charge is -2.43. The maximum atomic E-state index is 2.58. The molecule has 0 aromatic heterocycles. The van der Waals surface area contributed by atoms with Crippen molar-refractivity contribution in [1.82, 2.24) is 0 Å². The lowest BCUT2D eigenvalue weighted by molar-refractivity contribution is 0.512. The molecule has 0 radical (unpaired) electrons. The summed E-state index contributed by atoms with van der Waals surface area (Å²) >= 11 is 0. The van der Waals surface area contributed by atoms with Crippen LogP contribution in [0.4, 0.5) is 0 Å². The van der Waals surface area contributed by atoms with Crippen LogP contribution in [-0.2, 0) is 0 Å². The molecule has 20 heavy (non-hydrogen) atoms. The molecule has 0 atom stereocenters. The van der Waals surface area contributed by atoms with Gasteiger partial charge in [-0.3, -0.25) is 0 Å². The molecule has 4 rings (SSSR count). The van der Waals surface area contributed by atoms with Gasteiger partial charge >= 0.3 is 0 Å². The summed E-state index contributed by atoms with van der Waals surface area (Å²) in [6.07, 6.45) is 9.72. The quantitative estimate of drug-likeness (QED) is 0.615. The molecule has 0 amide bonds. The summed E-state index contributed by atoms with van der Waals surface area (Å²) in [7, 11) is -0.824. The molecule has 1 heterocycles. The molecule has 0 unspecified atom stereocenters. The molecule has 1 aliphatic heterocycles. The Morgan fingerprint density at radius 1 is 0.750 bits per heavy atom. The van der Waals surface area contributed by atoms with E-state index in [2.05, 4.69) is 54.8 Å². The Labute approximate surface area is 123 Å². The second-order valence-corrected chi connectivity index (χ2v) is 9.74. The van der Waals surface area contributed by atoms with Gasteiger partial charge in [0.15, 0.2) is 0 Å². The van der Waals surface area contributed by atoms with Gasteiger partial charge in [0.25, 0.3) is 0 Å². The van der Waals surface area contributed by atoms with Crippen molar-refractivity contribution in [2.75, 3.05) is 6.26 Å². The fourth-order valence-corrected chi connectivity index (χ4v) is 8.36. The third-order valence-corrected chi connectivity index (χ3v) is 9.54. The summed E-state index contributed by atoms with van der Waals surface area (Å²) in [4.78, 5) is 3.29. The maximum absolute atomic E-state index is 2.58. The van der Waals surface area contributed by atoms with Crippen molar-refractivity contribution in [1.29, 1.82) is 0 Å². The third-order valence-electron chi connectivity index (χ3n) is 5.20. The van der Waals surface area contributed by atoms with Gasteiger partial charge in [0.1, 0.15) is 0 Å². The van der Waals surface area contributed by atoms with E-state index in [9.17, 15) is 0 Å². The topological polar surface area (TPSA) is 0 Å². The minimum absolute atomic E-state index is 0.824. The second-order valence-electron chi connectivity index (χ2n) is 6.23. The highest BCUT2D eigenvalue weighted by Gasteiger charge is 2.40. The van der Waals surface area contributed by atoms with E-state index in [1.54, 1.807) is 9.79 Å². The van der Waals surface area contributed by atoms with Crippen LogP contribution in [0.25, 0.3) is 11.1 Å². The molecule has 1 heteroatoms. The number of fused-ring (bicyclic) bond motifs is 3. The Kier molecular flexibility index (Phi) is 2.92. The molecule has 2 aromatic rings. The van der Waals surface area contributed by atoms with E-state index in [1.165, 1.54) is 43.2 Å². The molecule has 2 aromatic carbocycles. The Hall–Kier alpha value is -1.21. The lowest BCUT2D eigenvalue weighted by Crippen LogP contribution is -2.20. The highest BCUT2D eigenvalue weighted by atomic mass is 32.3. The van der Waals surface area contributed by atoms with Gasteiger partial charge in [0, 0.05) is 9.79 Å². The van der Waals surface area contributed by atoms with E-state index in [0.717, 1.165) is 5.25 Å². The van der Waals surface area contributed by atoms with Crippen molar-refractivity contribution in [2.24, 2.45) is 0 Å². The molecule has 1 fully saturated rings. The first-order valence-electron chi connectivity index (χ1n) is 7.77. The summed E-state index contributed by atoms with van der Waals surface area (Å²) in [5.41, 5.74) is 3.01.